The summed E-state index contributed by atoms with van der Waals surface area (Å²) < 4.78 is 0. The Labute approximate surface area is 41.1 Å². The molecule has 0 unspecified atom stereocenters. The number of amides is 1. The summed E-state index contributed by atoms with van der Waals surface area (Å²) in [4.78, 5) is 9.94. The molecule has 0 aliphatic heterocycles. The van der Waals surface area contributed by atoms with Crippen molar-refractivity contribution in [3.05, 3.63) is 0 Å². The van der Waals surface area contributed by atoms with Gasteiger partial charge in [-0.05, 0) is 12.8 Å². The van der Waals surface area contributed by atoms with Crippen molar-refractivity contribution in [3.8, 4) is 0 Å². The smallest absolute Gasteiger partial charge is 0.270 e. The number of carbonyl (C=O) groups excluding carboxylic acids is 1. The zero-order valence-corrected chi connectivity index (χ0v) is 3.77. The lowest BCUT2D eigenvalue weighted by molar-refractivity contribution is -0.128. The van der Waals surface area contributed by atoms with Gasteiger partial charge in [-0.2, -0.15) is 0 Å². The van der Waals surface area contributed by atoms with E-state index < -0.39 is 11.5 Å². The first kappa shape index (κ1) is 4.59. The van der Waals surface area contributed by atoms with E-state index in [9.17, 15) is 4.79 Å². The van der Waals surface area contributed by atoms with E-state index in [4.69, 9.17) is 10.8 Å². The molecule has 0 aromatic heterocycles. The van der Waals surface area contributed by atoms with Gasteiger partial charge in [-0.1, -0.05) is 0 Å². The van der Waals surface area contributed by atoms with E-state index in [0.717, 1.165) is 0 Å². The van der Waals surface area contributed by atoms with Crippen LogP contribution in [0.25, 0.3) is 0 Å². The van der Waals surface area contributed by atoms with Gasteiger partial charge in [-0.3, -0.25) is 10.5 Å². The van der Waals surface area contributed by atoms with Crippen molar-refractivity contribution in [1.82, 2.24) is 5.73 Å². The Balaban J connectivity index is 2.55. The molecule has 1 radical (unpaired) electrons. The van der Waals surface area contributed by atoms with Crippen molar-refractivity contribution in [3.63, 3.8) is 0 Å². The molecular formula is C4H6NO2. The lowest BCUT2D eigenvalue weighted by atomic mass is 10.3. The number of hydrogen-bond acceptors (Lipinski definition) is 2. The summed E-state index contributed by atoms with van der Waals surface area (Å²) in [5.74, 6) is -0.840. The molecule has 0 aromatic carbocycles. The van der Waals surface area contributed by atoms with Crippen molar-refractivity contribution in [2.45, 2.75) is 18.4 Å². The number of carbonyl (C=O) groups is 1. The molecule has 1 aliphatic rings. The summed E-state index contributed by atoms with van der Waals surface area (Å²) in [5.41, 5.74) is 5.18. The second-order valence-electron chi connectivity index (χ2n) is 1.86. The molecular weight excluding hydrogens is 94.0 g/mol. The quantitative estimate of drug-likeness (QED) is 0.474. The highest BCUT2D eigenvalue weighted by atomic mass is 16.3. The fourth-order valence-electron chi connectivity index (χ4n) is 0.345. The van der Waals surface area contributed by atoms with Gasteiger partial charge in [0.25, 0.3) is 5.91 Å². The zero-order valence-electron chi connectivity index (χ0n) is 3.77. The molecule has 1 amide bonds. The lowest BCUT2D eigenvalue weighted by Crippen LogP contribution is -2.21. The molecule has 3 heteroatoms. The van der Waals surface area contributed by atoms with E-state index in [2.05, 4.69) is 0 Å². The Morgan fingerprint density at radius 1 is 1.71 bits per heavy atom. The molecule has 1 aliphatic carbocycles. The standard InChI is InChI=1S/C4H6NO2/c5-3(6)4(7)1-2-4/h5,7H,1-2H2. The summed E-state index contributed by atoms with van der Waals surface area (Å²) in [5, 5.41) is 8.67. The van der Waals surface area contributed by atoms with Crippen molar-refractivity contribution < 1.29 is 9.90 Å². The lowest BCUT2D eigenvalue weighted by Gasteiger charge is -1.94. The molecule has 0 spiro atoms. The molecule has 0 aromatic rings. The molecule has 7 heavy (non-hydrogen) atoms. The number of rotatable bonds is 1. The van der Waals surface area contributed by atoms with Crippen molar-refractivity contribution in [1.29, 1.82) is 0 Å². The third-order valence-corrected chi connectivity index (χ3v) is 1.15. The fourth-order valence-corrected chi connectivity index (χ4v) is 0.345. The van der Waals surface area contributed by atoms with Crippen LogP contribution >= 0.6 is 0 Å². The summed E-state index contributed by atoms with van der Waals surface area (Å²) in [7, 11) is 0. The highest BCUT2D eigenvalue weighted by Gasteiger charge is 2.46. The van der Waals surface area contributed by atoms with Gasteiger partial charge in [0.15, 0.2) is 0 Å². The van der Waals surface area contributed by atoms with E-state index >= 15 is 0 Å². The number of nitrogens with one attached hydrogen (secondary N) is 1. The summed E-state index contributed by atoms with van der Waals surface area (Å²) >= 11 is 0. The van der Waals surface area contributed by atoms with Crippen molar-refractivity contribution >= 4 is 5.91 Å². The van der Waals surface area contributed by atoms with Crippen LogP contribution in [0.5, 0.6) is 0 Å². The first-order valence-electron chi connectivity index (χ1n) is 2.13. The predicted molar refractivity (Wildman–Crippen MR) is 22.3 cm³/mol. The van der Waals surface area contributed by atoms with Crippen LogP contribution in [0.15, 0.2) is 0 Å². The second kappa shape index (κ2) is 0.980. The Morgan fingerprint density at radius 3 is 2.14 bits per heavy atom. The maximum Gasteiger partial charge on any atom is 0.270 e. The molecule has 1 rings (SSSR count). The van der Waals surface area contributed by atoms with E-state index in [0.29, 0.717) is 12.8 Å². The highest BCUT2D eigenvalue weighted by molar-refractivity contribution is 5.85. The highest BCUT2D eigenvalue weighted by Crippen LogP contribution is 2.34. The molecule has 0 bridgehead atoms. The minimum atomic E-state index is -1.22. The molecule has 0 saturated heterocycles. The third kappa shape index (κ3) is 0.587. The van der Waals surface area contributed by atoms with E-state index in [1.54, 1.807) is 0 Å². The van der Waals surface area contributed by atoms with E-state index in [1.807, 2.05) is 0 Å². The molecule has 1 saturated carbocycles. The fraction of sp³-hybridized carbons (Fsp3) is 0.750. The van der Waals surface area contributed by atoms with Crippen LogP contribution in [0.1, 0.15) is 12.8 Å². The maximum atomic E-state index is 9.94. The summed E-state index contributed by atoms with van der Waals surface area (Å²) in [6.07, 6.45) is 0.963. The van der Waals surface area contributed by atoms with Crippen molar-refractivity contribution in [2.75, 3.05) is 0 Å². The van der Waals surface area contributed by atoms with Crippen LogP contribution in [0.4, 0.5) is 0 Å². The molecule has 39 valence electrons. The molecule has 2 N–H and O–H groups in total. The van der Waals surface area contributed by atoms with Crippen LogP contribution in [0, 0.1) is 0 Å². The van der Waals surface area contributed by atoms with E-state index in [1.165, 1.54) is 0 Å². The topological polar surface area (TPSA) is 61.1 Å². The van der Waals surface area contributed by atoms with Gasteiger partial charge in [-0.25, -0.2) is 0 Å². The SMILES string of the molecule is [NH]C(=O)C1(O)CC1. The average molecular weight is 100 g/mol. The second-order valence-corrected chi connectivity index (χ2v) is 1.86. The van der Waals surface area contributed by atoms with Crippen LogP contribution in [-0.2, 0) is 4.79 Å². The van der Waals surface area contributed by atoms with Gasteiger partial charge in [0, 0.05) is 0 Å². The first-order valence-corrected chi connectivity index (χ1v) is 2.13. The van der Waals surface area contributed by atoms with Gasteiger partial charge < -0.3 is 5.11 Å². The molecule has 0 atom stereocenters. The monoisotopic (exact) mass is 100 g/mol. The van der Waals surface area contributed by atoms with Gasteiger partial charge in [0.05, 0.1) is 0 Å². The Kier molecular flexibility index (Phi) is 0.642. The minimum Gasteiger partial charge on any atom is -0.380 e. The Hall–Kier alpha value is -0.570. The predicted octanol–water partition coefficient (Wildman–Crippen LogP) is -0.679. The normalized spacial score (nSPS) is 24.1. The van der Waals surface area contributed by atoms with Crippen LogP contribution < -0.4 is 5.73 Å². The molecule has 0 heterocycles. The van der Waals surface area contributed by atoms with Gasteiger partial charge in [0.1, 0.15) is 5.60 Å². The van der Waals surface area contributed by atoms with Crippen LogP contribution in [0.2, 0.25) is 0 Å². The maximum absolute atomic E-state index is 9.94. The van der Waals surface area contributed by atoms with Crippen LogP contribution in [0.3, 0.4) is 0 Å². The minimum absolute atomic E-state index is 0.481. The van der Waals surface area contributed by atoms with Gasteiger partial charge in [-0.15, -0.1) is 0 Å². The Bertz CT molecular complexity index is 106. The molecule has 1 fully saturated rings. The summed E-state index contributed by atoms with van der Waals surface area (Å²) in [6, 6.07) is 0. The number of hydrogen-bond donors (Lipinski definition) is 1. The number of aliphatic hydroxyl groups is 1. The zero-order chi connectivity index (χ0) is 5.49. The van der Waals surface area contributed by atoms with E-state index in [-0.39, 0.29) is 0 Å². The third-order valence-electron chi connectivity index (χ3n) is 1.15. The summed E-state index contributed by atoms with van der Waals surface area (Å²) in [6.45, 7) is 0. The van der Waals surface area contributed by atoms with Crippen LogP contribution in [-0.4, -0.2) is 16.6 Å². The van der Waals surface area contributed by atoms with Crippen molar-refractivity contribution in [2.24, 2.45) is 0 Å². The first-order chi connectivity index (χ1) is 3.15. The average Bonchev–Trinajstić information content (AvgIpc) is 2.21. The largest absolute Gasteiger partial charge is 0.380 e. The molecule has 3 nitrogen and oxygen atoms in total. The Morgan fingerprint density at radius 2 is 2.14 bits per heavy atom. The van der Waals surface area contributed by atoms with Gasteiger partial charge in [0.2, 0.25) is 0 Å². The van der Waals surface area contributed by atoms with Gasteiger partial charge >= 0.3 is 0 Å².